The monoisotopic (exact) mass is 378 g/mol. The van der Waals surface area contributed by atoms with Gasteiger partial charge < -0.3 is 4.74 Å². The van der Waals surface area contributed by atoms with Gasteiger partial charge in [0, 0.05) is 11.9 Å². The van der Waals surface area contributed by atoms with E-state index in [1.807, 2.05) is 38.1 Å². The Bertz CT molecular complexity index is 1060. The molecule has 0 radical (unpaired) electrons. The fourth-order valence-electron chi connectivity index (χ4n) is 2.80. The van der Waals surface area contributed by atoms with Gasteiger partial charge in [0.1, 0.15) is 5.75 Å². The van der Waals surface area contributed by atoms with E-state index < -0.39 is 5.91 Å². The molecule has 7 heteroatoms. The van der Waals surface area contributed by atoms with E-state index in [2.05, 4.69) is 15.6 Å². The average molecular weight is 378 g/mol. The second kappa shape index (κ2) is 8.94. The van der Waals surface area contributed by atoms with Crippen molar-refractivity contribution < 1.29 is 9.53 Å². The molecule has 0 saturated heterocycles. The summed E-state index contributed by atoms with van der Waals surface area (Å²) in [4.78, 5) is 25.1. The number of ether oxygens (including phenoxy) is 1. The van der Waals surface area contributed by atoms with Crippen LogP contribution in [0.15, 0.2) is 58.4 Å². The molecule has 0 bridgehead atoms. The molecule has 1 amide bonds. The number of aromatic nitrogens is 2. The van der Waals surface area contributed by atoms with Gasteiger partial charge in [-0.15, -0.1) is 0 Å². The lowest BCUT2D eigenvalue weighted by atomic mass is 10.1. The summed E-state index contributed by atoms with van der Waals surface area (Å²) >= 11 is 0. The molecule has 1 N–H and O–H groups in total. The van der Waals surface area contributed by atoms with Crippen molar-refractivity contribution in [3.8, 4) is 5.75 Å². The smallest absolute Gasteiger partial charge is 0.292 e. The molecule has 28 heavy (non-hydrogen) atoms. The number of amides is 1. The Morgan fingerprint density at radius 2 is 1.86 bits per heavy atom. The highest BCUT2D eigenvalue weighted by Gasteiger charge is 2.15. The summed E-state index contributed by atoms with van der Waals surface area (Å²) in [6.45, 7) is 4.92. The van der Waals surface area contributed by atoms with Crippen LogP contribution in [0.4, 0.5) is 0 Å². The molecule has 1 heterocycles. The topological polar surface area (TPSA) is 85.6 Å². The first-order valence-corrected chi connectivity index (χ1v) is 9.20. The number of fused-ring (bicyclic) bond motifs is 1. The molecule has 0 spiro atoms. The first-order valence-electron chi connectivity index (χ1n) is 9.20. The molecule has 0 saturated carbocycles. The van der Waals surface area contributed by atoms with Crippen LogP contribution in [-0.2, 0) is 6.54 Å². The Kier molecular flexibility index (Phi) is 6.16. The Labute approximate surface area is 162 Å². The van der Waals surface area contributed by atoms with Crippen LogP contribution in [0.2, 0.25) is 0 Å². The Morgan fingerprint density at radius 1 is 1.14 bits per heavy atom. The second-order valence-electron chi connectivity index (χ2n) is 6.12. The third kappa shape index (κ3) is 4.25. The number of benzene rings is 2. The van der Waals surface area contributed by atoms with Gasteiger partial charge in [0.15, 0.2) is 5.69 Å². The summed E-state index contributed by atoms with van der Waals surface area (Å²) in [6.07, 6.45) is 2.28. The highest BCUT2D eigenvalue weighted by Crippen LogP contribution is 2.13. The highest BCUT2D eigenvalue weighted by molar-refractivity contribution is 6.04. The number of hydrogen-bond acceptors (Lipinski definition) is 5. The predicted molar refractivity (Wildman–Crippen MR) is 109 cm³/mol. The lowest BCUT2D eigenvalue weighted by Crippen LogP contribution is -2.29. The summed E-state index contributed by atoms with van der Waals surface area (Å²) in [5, 5.41) is 9.23. The summed E-state index contributed by atoms with van der Waals surface area (Å²) in [5.41, 5.74) is 3.28. The minimum Gasteiger partial charge on any atom is -0.494 e. The SMILES string of the molecule is CCCn1nc(C(=O)N/N=C/c2ccc(OCC)cc2)c2ccccc2c1=O. The number of hydrazone groups is 1. The lowest BCUT2D eigenvalue weighted by Gasteiger charge is -2.09. The maximum atomic E-state index is 12.6. The fraction of sp³-hybridized carbons (Fsp3) is 0.238. The van der Waals surface area contributed by atoms with Gasteiger partial charge >= 0.3 is 0 Å². The normalized spacial score (nSPS) is 11.1. The lowest BCUT2D eigenvalue weighted by molar-refractivity contribution is 0.0949. The largest absolute Gasteiger partial charge is 0.494 e. The van der Waals surface area contributed by atoms with Crippen LogP contribution in [0.3, 0.4) is 0 Å². The molecule has 7 nitrogen and oxygen atoms in total. The van der Waals surface area contributed by atoms with Crippen LogP contribution in [0.5, 0.6) is 5.75 Å². The zero-order valence-electron chi connectivity index (χ0n) is 15.9. The van der Waals surface area contributed by atoms with Crippen LogP contribution >= 0.6 is 0 Å². The number of rotatable bonds is 7. The van der Waals surface area contributed by atoms with E-state index in [1.165, 1.54) is 10.9 Å². The molecular formula is C21H22N4O3. The van der Waals surface area contributed by atoms with Crippen LogP contribution < -0.4 is 15.7 Å². The molecule has 3 aromatic rings. The molecule has 0 unspecified atom stereocenters. The van der Waals surface area contributed by atoms with E-state index >= 15 is 0 Å². The summed E-state index contributed by atoms with van der Waals surface area (Å²) in [6, 6.07) is 14.3. The molecule has 0 atom stereocenters. The molecule has 0 aliphatic carbocycles. The predicted octanol–water partition coefficient (Wildman–Crippen LogP) is 2.97. The van der Waals surface area contributed by atoms with Crippen LogP contribution in [0, 0.1) is 0 Å². The van der Waals surface area contributed by atoms with Gasteiger partial charge in [-0.05, 0) is 49.2 Å². The fourth-order valence-corrected chi connectivity index (χ4v) is 2.80. The van der Waals surface area contributed by atoms with Gasteiger partial charge in [0.25, 0.3) is 11.5 Å². The molecule has 1 aromatic heterocycles. The van der Waals surface area contributed by atoms with Gasteiger partial charge in [-0.1, -0.05) is 25.1 Å². The first kappa shape index (κ1) is 19.3. The van der Waals surface area contributed by atoms with Gasteiger partial charge in [-0.2, -0.15) is 10.2 Å². The van der Waals surface area contributed by atoms with E-state index in [0.717, 1.165) is 17.7 Å². The van der Waals surface area contributed by atoms with E-state index in [4.69, 9.17) is 4.74 Å². The first-order chi connectivity index (χ1) is 13.6. The number of hydrogen-bond donors (Lipinski definition) is 1. The zero-order valence-corrected chi connectivity index (χ0v) is 15.9. The van der Waals surface area contributed by atoms with Crippen molar-refractivity contribution >= 4 is 22.9 Å². The Balaban J connectivity index is 1.83. The summed E-state index contributed by atoms with van der Waals surface area (Å²) in [5.74, 6) is 0.306. The second-order valence-corrected chi connectivity index (χ2v) is 6.12. The standard InChI is InChI=1S/C21H22N4O3/c1-3-13-25-21(27)18-8-6-5-7-17(18)19(24-25)20(26)23-22-14-15-9-11-16(12-10-15)28-4-2/h5-12,14H,3-4,13H2,1-2H3,(H,23,26)/b22-14+. The van der Waals surface area contributed by atoms with Crippen molar-refractivity contribution in [1.29, 1.82) is 0 Å². The van der Waals surface area contributed by atoms with E-state index in [-0.39, 0.29) is 11.3 Å². The third-order valence-electron chi connectivity index (χ3n) is 4.09. The quantitative estimate of drug-likeness (QED) is 0.506. The van der Waals surface area contributed by atoms with Gasteiger partial charge in [-0.3, -0.25) is 9.59 Å². The molecule has 0 fully saturated rings. The number of carbonyl (C=O) groups excluding carboxylic acids is 1. The van der Waals surface area contributed by atoms with Gasteiger partial charge in [0.2, 0.25) is 0 Å². The average Bonchev–Trinajstić information content (AvgIpc) is 2.71. The summed E-state index contributed by atoms with van der Waals surface area (Å²) < 4.78 is 6.72. The van der Waals surface area contributed by atoms with Crippen LogP contribution in [0.25, 0.3) is 10.8 Å². The molecule has 0 aliphatic heterocycles. The Morgan fingerprint density at radius 3 is 2.54 bits per heavy atom. The van der Waals surface area contributed by atoms with E-state index in [1.54, 1.807) is 24.3 Å². The van der Waals surface area contributed by atoms with Crippen molar-refractivity contribution in [2.24, 2.45) is 5.10 Å². The van der Waals surface area contributed by atoms with Crippen molar-refractivity contribution in [2.75, 3.05) is 6.61 Å². The highest BCUT2D eigenvalue weighted by atomic mass is 16.5. The molecular weight excluding hydrogens is 356 g/mol. The van der Waals surface area contributed by atoms with Crippen LogP contribution in [-0.4, -0.2) is 28.5 Å². The maximum absolute atomic E-state index is 12.6. The van der Waals surface area contributed by atoms with Crippen molar-refractivity contribution in [1.82, 2.24) is 15.2 Å². The number of carbonyl (C=O) groups is 1. The minimum atomic E-state index is -0.469. The number of nitrogens with zero attached hydrogens (tertiary/aromatic N) is 3. The van der Waals surface area contributed by atoms with E-state index in [9.17, 15) is 9.59 Å². The number of nitrogens with one attached hydrogen (secondary N) is 1. The van der Waals surface area contributed by atoms with Crippen LogP contribution in [0.1, 0.15) is 36.3 Å². The van der Waals surface area contributed by atoms with E-state index in [0.29, 0.717) is 23.9 Å². The zero-order chi connectivity index (χ0) is 19.9. The van der Waals surface area contributed by atoms with Crippen molar-refractivity contribution in [2.45, 2.75) is 26.8 Å². The molecule has 144 valence electrons. The molecule has 0 aliphatic rings. The van der Waals surface area contributed by atoms with Gasteiger partial charge in [-0.25, -0.2) is 10.1 Å². The third-order valence-corrected chi connectivity index (χ3v) is 4.09. The van der Waals surface area contributed by atoms with Crippen molar-refractivity contribution in [3.63, 3.8) is 0 Å². The van der Waals surface area contributed by atoms with Crippen molar-refractivity contribution in [3.05, 3.63) is 70.1 Å². The minimum absolute atomic E-state index is 0.174. The number of aryl methyl sites for hydroxylation is 1. The maximum Gasteiger partial charge on any atom is 0.292 e. The van der Waals surface area contributed by atoms with Gasteiger partial charge in [0.05, 0.1) is 18.2 Å². The summed E-state index contributed by atoms with van der Waals surface area (Å²) in [7, 11) is 0. The molecule has 2 aromatic carbocycles. The Hall–Kier alpha value is -3.48. The molecule has 3 rings (SSSR count).